The van der Waals surface area contributed by atoms with Crippen LogP contribution in [0.15, 0.2) is 48.7 Å². The zero-order valence-electron chi connectivity index (χ0n) is 16.0. The van der Waals surface area contributed by atoms with Crippen molar-refractivity contribution in [3.8, 4) is 0 Å². The van der Waals surface area contributed by atoms with Crippen LogP contribution in [0.1, 0.15) is 36.9 Å². The van der Waals surface area contributed by atoms with Crippen LogP contribution in [0.25, 0.3) is 0 Å². The first kappa shape index (κ1) is 17.2. The molecule has 27 heavy (non-hydrogen) atoms. The molecule has 1 aromatic carbocycles. The minimum absolute atomic E-state index is 0.315. The van der Waals surface area contributed by atoms with E-state index in [1.54, 1.807) is 5.56 Å². The largest absolute Gasteiger partial charge is 0.376 e. The minimum atomic E-state index is 0.315. The number of aromatic nitrogens is 1. The number of hydrogen-bond acceptors (Lipinski definition) is 4. The second kappa shape index (κ2) is 7.25. The normalized spacial score (nSPS) is 24.4. The van der Waals surface area contributed by atoms with Crippen molar-refractivity contribution in [2.45, 2.75) is 43.7 Å². The third kappa shape index (κ3) is 3.37. The fourth-order valence-electron chi connectivity index (χ4n) is 5.22. The van der Waals surface area contributed by atoms with E-state index in [1.165, 1.54) is 37.1 Å². The summed E-state index contributed by atoms with van der Waals surface area (Å²) in [4.78, 5) is 9.68. The van der Waals surface area contributed by atoms with E-state index in [4.69, 9.17) is 4.74 Å². The quantitative estimate of drug-likeness (QED) is 0.830. The van der Waals surface area contributed by atoms with E-state index >= 15 is 0 Å². The maximum absolute atomic E-state index is 5.93. The molecule has 0 bridgehead atoms. The van der Waals surface area contributed by atoms with Crippen LogP contribution in [0.2, 0.25) is 0 Å². The molecule has 1 aromatic heterocycles. The van der Waals surface area contributed by atoms with Gasteiger partial charge in [-0.3, -0.25) is 9.88 Å². The topological polar surface area (TPSA) is 28.6 Å². The molecular weight excluding hydrogens is 334 g/mol. The Balaban J connectivity index is 1.30. The molecule has 2 aromatic rings. The Labute approximate surface area is 162 Å². The van der Waals surface area contributed by atoms with Crippen molar-refractivity contribution in [1.29, 1.82) is 0 Å². The molecule has 0 unspecified atom stereocenters. The third-order valence-corrected chi connectivity index (χ3v) is 6.68. The van der Waals surface area contributed by atoms with Crippen molar-refractivity contribution in [3.63, 3.8) is 0 Å². The number of likely N-dealkylation sites (tertiary alicyclic amines) is 1. The van der Waals surface area contributed by atoms with Gasteiger partial charge in [-0.25, -0.2) is 0 Å². The summed E-state index contributed by atoms with van der Waals surface area (Å²) in [5, 5.41) is 0. The number of rotatable bonds is 4. The molecule has 3 aliphatic rings. The number of fused-ring (bicyclic) bond motifs is 2. The Hall–Kier alpha value is -1.91. The van der Waals surface area contributed by atoms with E-state index in [1.807, 2.05) is 12.3 Å². The summed E-state index contributed by atoms with van der Waals surface area (Å²) >= 11 is 0. The second-order valence-corrected chi connectivity index (χ2v) is 8.41. The van der Waals surface area contributed by atoms with Crippen LogP contribution in [0.4, 0.5) is 5.69 Å². The van der Waals surface area contributed by atoms with Crippen LogP contribution < -0.4 is 4.90 Å². The van der Waals surface area contributed by atoms with Gasteiger partial charge in [0.1, 0.15) is 0 Å². The highest BCUT2D eigenvalue weighted by Crippen LogP contribution is 2.47. The zero-order chi connectivity index (χ0) is 18.1. The molecule has 0 aliphatic carbocycles. The summed E-state index contributed by atoms with van der Waals surface area (Å²) in [7, 11) is 0. The molecule has 142 valence electrons. The molecule has 4 heterocycles. The fourth-order valence-corrected chi connectivity index (χ4v) is 5.22. The standard InChI is InChI=1S/C23H29N3O/c1-2-9-22-21(8-1)23(18-26(22)17-20-7-5-15-27-20)10-13-25(14-11-23)16-19-6-3-4-12-24-19/h1-4,6,8-9,12,20H,5,7,10-11,13-18H2/t20-/m0/s1. The van der Waals surface area contributed by atoms with E-state index in [0.717, 1.165) is 39.3 Å². The van der Waals surface area contributed by atoms with Gasteiger partial charge < -0.3 is 9.64 Å². The Kier molecular flexibility index (Phi) is 4.62. The van der Waals surface area contributed by atoms with Crippen LogP contribution in [0.3, 0.4) is 0 Å². The number of anilines is 1. The lowest BCUT2D eigenvalue weighted by molar-refractivity contribution is 0.113. The van der Waals surface area contributed by atoms with Crippen molar-refractivity contribution in [2.24, 2.45) is 0 Å². The van der Waals surface area contributed by atoms with Crippen molar-refractivity contribution in [2.75, 3.05) is 37.7 Å². The first-order valence-electron chi connectivity index (χ1n) is 10.4. The molecule has 1 atom stereocenters. The van der Waals surface area contributed by atoms with E-state index in [-0.39, 0.29) is 0 Å². The number of benzene rings is 1. The van der Waals surface area contributed by atoms with E-state index in [2.05, 4.69) is 51.2 Å². The zero-order valence-corrected chi connectivity index (χ0v) is 16.0. The number of nitrogens with zero attached hydrogens (tertiary/aromatic N) is 3. The fraction of sp³-hybridized carbons (Fsp3) is 0.522. The highest BCUT2D eigenvalue weighted by molar-refractivity contribution is 5.63. The predicted octanol–water partition coefficient (Wildman–Crippen LogP) is 3.61. The summed E-state index contributed by atoms with van der Waals surface area (Å²) in [6.45, 7) is 6.42. The van der Waals surface area contributed by atoms with E-state index in [9.17, 15) is 0 Å². The van der Waals surface area contributed by atoms with Gasteiger partial charge in [0, 0.05) is 43.5 Å². The number of hydrogen-bond donors (Lipinski definition) is 0. The lowest BCUT2D eigenvalue weighted by atomic mass is 9.74. The SMILES string of the molecule is c1ccc(CN2CCC3(CC2)CN(C[C@@H]2CCCO2)c2ccccc23)nc1. The molecule has 4 nitrogen and oxygen atoms in total. The Morgan fingerprint density at radius 3 is 2.70 bits per heavy atom. The Morgan fingerprint density at radius 2 is 1.93 bits per heavy atom. The molecule has 2 fully saturated rings. The lowest BCUT2D eigenvalue weighted by Crippen LogP contribution is -2.45. The van der Waals surface area contributed by atoms with Crippen molar-refractivity contribution in [3.05, 3.63) is 59.9 Å². The van der Waals surface area contributed by atoms with Gasteiger partial charge >= 0.3 is 0 Å². The number of para-hydroxylation sites is 1. The molecule has 0 saturated carbocycles. The monoisotopic (exact) mass is 363 g/mol. The molecule has 0 amide bonds. The summed E-state index contributed by atoms with van der Waals surface area (Å²) in [6, 6.07) is 15.3. The maximum atomic E-state index is 5.93. The average molecular weight is 364 g/mol. The predicted molar refractivity (Wildman–Crippen MR) is 108 cm³/mol. The van der Waals surface area contributed by atoms with Crippen molar-refractivity contribution < 1.29 is 4.74 Å². The summed E-state index contributed by atoms with van der Waals surface area (Å²) < 4.78 is 5.93. The van der Waals surface area contributed by atoms with Gasteiger partial charge in [-0.05, 0) is 62.5 Å². The number of piperidine rings is 1. The van der Waals surface area contributed by atoms with Crippen molar-refractivity contribution in [1.82, 2.24) is 9.88 Å². The number of pyridine rings is 1. The van der Waals surface area contributed by atoms with Crippen molar-refractivity contribution >= 4 is 5.69 Å². The van der Waals surface area contributed by atoms with E-state index in [0.29, 0.717) is 11.5 Å². The first-order chi connectivity index (χ1) is 13.3. The van der Waals surface area contributed by atoms with Crippen LogP contribution >= 0.6 is 0 Å². The molecule has 1 spiro atoms. The lowest BCUT2D eigenvalue weighted by Gasteiger charge is -2.40. The van der Waals surface area contributed by atoms with Crippen LogP contribution in [-0.2, 0) is 16.7 Å². The van der Waals surface area contributed by atoms with Gasteiger partial charge in [-0.2, -0.15) is 0 Å². The van der Waals surface area contributed by atoms with Gasteiger partial charge in [0.05, 0.1) is 11.8 Å². The number of ether oxygens (including phenoxy) is 1. The molecule has 4 heteroatoms. The molecule has 5 rings (SSSR count). The minimum Gasteiger partial charge on any atom is -0.376 e. The van der Waals surface area contributed by atoms with Gasteiger partial charge in [0.15, 0.2) is 0 Å². The van der Waals surface area contributed by atoms with Gasteiger partial charge in [0.25, 0.3) is 0 Å². The molecule has 0 N–H and O–H groups in total. The third-order valence-electron chi connectivity index (χ3n) is 6.68. The summed E-state index contributed by atoms with van der Waals surface area (Å²) in [5.74, 6) is 0. The first-order valence-corrected chi connectivity index (χ1v) is 10.4. The van der Waals surface area contributed by atoms with Crippen LogP contribution in [0, 0.1) is 0 Å². The van der Waals surface area contributed by atoms with E-state index < -0.39 is 0 Å². The van der Waals surface area contributed by atoms with Crippen LogP contribution in [0.5, 0.6) is 0 Å². The van der Waals surface area contributed by atoms with Gasteiger partial charge in [-0.15, -0.1) is 0 Å². The second-order valence-electron chi connectivity index (χ2n) is 8.41. The Bertz CT molecular complexity index is 764. The highest BCUT2D eigenvalue weighted by Gasteiger charge is 2.44. The van der Waals surface area contributed by atoms with Gasteiger partial charge in [-0.1, -0.05) is 24.3 Å². The molecule has 0 radical (unpaired) electrons. The molecule has 2 saturated heterocycles. The molecule has 3 aliphatic heterocycles. The van der Waals surface area contributed by atoms with Gasteiger partial charge in [0.2, 0.25) is 0 Å². The summed E-state index contributed by atoms with van der Waals surface area (Å²) in [6.07, 6.45) is 7.21. The Morgan fingerprint density at radius 1 is 1.07 bits per heavy atom. The summed E-state index contributed by atoms with van der Waals surface area (Å²) in [5.41, 5.74) is 4.52. The maximum Gasteiger partial charge on any atom is 0.0750 e. The highest BCUT2D eigenvalue weighted by atomic mass is 16.5. The van der Waals surface area contributed by atoms with Crippen LogP contribution in [-0.4, -0.2) is 48.8 Å². The smallest absolute Gasteiger partial charge is 0.0750 e. The molecular formula is C23H29N3O. The average Bonchev–Trinajstić information content (AvgIpc) is 3.33.